The van der Waals surface area contributed by atoms with Gasteiger partial charge in [-0.3, -0.25) is 13.7 Å². The van der Waals surface area contributed by atoms with Crippen LogP contribution < -0.4 is 14.7 Å². The fraction of sp³-hybridized carbons (Fsp3) is 0.889. The van der Waals surface area contributed by atoms with E-state index in [9.17, 15) is 28.4 Å². The largest absolute Gasteiger partial charge is 3.00 e. The summed E-state index contributed by atoms with van der Waals surface area (Å²) < 4.78 is 66.0. The zero-order chi connectivity index (χ0) is 89.9. The molecule has 124 heavy (non-hydrogen) atoms. The summed E-state index contributed by atoms with van der Waals surface area (Å²) in [7, 11) is -12.4. The van der Waals surface area contributed by atoms with Gasteiger partial charge in [0.15, 0.2) is 0 Å². The van der Waals surface area contributed by atoms with Crippen molar-refractivity contribution in [3.05, 3.63) is 72.9 Å². The van der Waals surface area contributed by atoms with Crippen LogP contribution in [0.1, 0.15) is 581 Å². The van der Waals surface area contributed by atoms with E-state index in [1.807, 2.05) is 0 Å². The predicted octanol–water partition coefficient (Wildman–Crippen LogP) is 37.7. The van der Waals surface area contributed by atoms with Gasteiger partial charge in [-0.15, -0.1) is 0 Å². The Hall–Kier alpha value is 0.121. The summed E-state index contributed by atoms with van der Waals surface area (Å²) in [5.41, 5.74) is 0. The van der Waals surface area contributed by atoms with Gasteiger partial charge >= 0.3 is 40.8 Å². The molecule has 12 nitrogen and oxygen atoms in total. The zero-order valence-corrected chi connectivity index (χ0v) is 89.2. The van der Waals surface area contributed by atoms with Gasteiger partial charge in [0.25, 0.3) is 23.5 Å². The van der Waals surface area contributed by atoms with Gasteiger partial charge in [-0.2, -0.15) is 0 Å². The Kier molecular flexibility index (Phi) is 121. The fourth-order valence-electron chi connectivity index (χ4n) is 15.3. The molecule has 0 aliphatic rings. The van der Waals surface area contributed by atoms with E-state index in [0.29, 0.717) is 0 Å². The molecule has 0 fully saturated rings. The summed E-state index contributed by atoms with van der Waals surface area (Å²) in [6, 6.07) is 0. The molecule has 0 amide bonds. The molecular weight excluding hydrogens is 1730 g/mol. The van der Waals surface area contributed by atoms with Gasteiger partial charge in [0.05, 0.1) is 39.6 Å². The second kappa shape index (κ2) is 115. The monoisotopic (exact) mass is 1930 g/mol. The molecule has 0 aliphatic carbocycles. The van der Waals surface area contributed by atoms with Gasteiger partial charge in [0, 0.05) is 0 Å². The molecule has 0 saturated heterocycles. The first kappa shape index (κ1) is 130. The molecule has 0 rings (SSSR count). The minimum Gasteiger partial charge on any atom is -0.756 e. The van der Waals surface area contributed by atoms with Gasteiger partial charge in [-0.05, 0) is 193 Å². The number of phosphoric ester groups is 3. The molecular formula is C108H210NdO12P3. The van der Waals surface area contributed by atoms with E-state index in [1.165, 1.54) is 424 Å². The summed E-state index contributed by atoms with van der Waals surface area (Å²) in [5.74, 6) is 0. The van der Waals surface area contributed by atoms with Crippen molar-refractivity contribution < 1.29 is 96.4 Å². The van der Waals surface area contributed by atoms with E-state index < -0.39 is 23.5 Å². The minimum atomic E-state index is -4.14. The van der Waals surface area contributed by atoms with Crippen LogP contribution >= 0.6 is 23.5 Å². The summed E-state index contributed by atoms with van der Waals surface area (Å²) in [4.78, 5) is 35.8. The number of phosphoric acid groups is 3. The Labute approximate surface area is 806 Å². The predicted molar refractivity (Wildman–Crippen MR) is 535 cm³/mol. The normalized spacial score (nSPS) is 12.3. The average Bonchev–Trinajstić information content (AvgIpc) is 0.950. The smallest absolute Gasteiger partial charge is 0.756 e. The number of allylic oxidation sites excluding steroid dienone is 12. The maximum Gasteiger partial charge on any atom is 3.00 e. The molecule has 0 unspecified atom stereocenters. The summed E-state index contributed by atoms with van der Waals surface area (Å²) in [6.45, 7) is 15.1. The number of hydrogen-bond acceptors (Lipinski definition) is 12. The average molecular weight is 1940 g/mol. The van der Waals surface area contributed by atoms with Crippen molar-refractivity contribution in [1.82, 2.24) is 0 Å². The van der Waals surface area contributed by atoms with Crippen molar-refractivity contribution in [3.63, 3.8) is 0 Å². The molecule has 0 heterocycles. The van der Waals surface area contributed by atoms with Crippen molar-refractivity contribution in [2.45, 2.75) is 581 Å². The van der Waals surface area contributed by atoms with Gasteiger partial charge < -0.3 is 41.8 Å². The molecule has 0 bridgehead atoms. The number of unbranched alkanes of at least 4 members (excludes halogenated alkanes) is 72. The Morgan fingerprint density at radius 2 is 0.226 bits per heavy atom. The van der Waals surface area contributed by atoms with Crippen molar-refractivity contribution in [3.8, 4) is 0 Å². The maximum atomic E-state index is 11.9. The molecule has 0 atom stereocenters. The molecule has 0 N–H and O–H groups in total. The third-order valence-electron chi connectivity index (χ3n) is 23.4. The van der Waals surface area contributed by atoms with E-state index in [2.05, 4.69) is 114 Å². The van der Waals surface area contributed by atoms with E-state index in [1.54, 1.807) is 0 Å². The molecule has 0 aromatic carbocycles. The Morgan fingerprint density at radius 3 is 0.323 bits per heavy atom. The van der Waals surface area contributed by atoms with E-state index >= 15 is 0 Å². The van der Waals surface area contributed by atoms with Crippen LogP contribution in [0.25, 0.3) is 0 Å². The van der Waals surface area contributed by atoms with Gasteiger partial charge in [0.1, 0.15) is 0 Å². The van der Waals surface area contributed by atoms with E-state index in [4.69, 9.17) is 27.1 Å². The summed E-state index contributed by atoms with van der Waals surface area (Å²) in [5, 5.41) is 0. The first-order valence-corrected chi connectivity index (χ1v) is 58.4. The van der Waals surface area contributed by atoms with Crippen molar-refractivity contribution in [2.24, 2.45) is 0 Å². The minimum absolute atomic E-state index is 0. The molecule has 0 aromatic heterocycles. The van der Waals surface area contributed by atoms with Gasteiger partial charge in [0.2, 0.25) is 0 Å². The summed E-state index contributed by atoms with van der Waals surface area (Å²) >= 11 is 0. The number of rotatable bonds is 102. The summed E-state index contributed by atoms with van der Waals surface area (Å²) in [6.07, 6.45) is 132. The third-order valence-corrected chi connectivity index (χ3v) is 26.4. The van der Waals surface area contributed by atoms with Crippen LogP contribution in [0.2, 0.25) is 0 Å². The van der Waals surface area contributed by atoms with Crippen LogP contribution in [0.4, 0.5) is 0 Å². The van der Waals surface area contributed by atoms with Crippen LogP contribution in [0, 0.1) is 40.8 Å². The topological polar surface area (TPSA) is 176 Å². The Morgan fingerprint density at radius 1 is 0.145 bits per heavy atom. The van der Waals surface area contributed by atoms with Crippen molar-refractivity contribution in [2.75, 3.05) is 39.6 Å². The van der Waals surface area contributed by atoms with Crippen molar-refractivity contribution in [1.29, 1.82) is 0 Å². The van der Waals surface area contributed by atoms with Gasteiger partial charge in [-0.1, -0.05) is 461 Å². The Balaban J connectivity index is -0.000000867. The third kappa shape index (κ3) is 124. The standard InChI is InChI=1S/3C36H71O4P.Nd/c3*1-3-5-7-9-11-13-15-17-19-21-23-25-27-29-31-33-35-39-41(37,38)40-36-34-32-30-28-26-24-22-20-18-16-14-12-10-8-6-4-2;/h3*17-20H,3-16,21-36H2,1-2H3,(H,37,38);/q;;;+3/p-3/b3*19-17-,20-18-;. The maximum absolute atomic E-state index is 11.9. The quantitative estimate of drug-likeness (QED) is 0.0320. The fourth-order valence-corrected chi connectivity index (χ4v) is 17.6. The van der Waals surface area contributed by atoms with Crippen LogP contribution in [-0.4, -0.2) is 39.6 Å². The van der Waals surface area contributed by atoms with Gasteiger partial charge in [-0.25, -0.2) is 0 Å². The zero-order valence-electron chi connectivity index (χ0n) is 83.3. The molecule has 16 heteroatoms. The second-order valence-corrected chi connectivity index (χ2v) is 40.2. The molecule has 0 aromatic rings. The van der Waals surface area contributed by atoms with Crippen LogP contribution in [0.5, 0.6) is 0 Å². The molecule has 0 spiro atoms. The van der Waals surface area contributed by atoms with E-state index in [0.717, 1.165) is 116 Å². The molecule has 1 radical (unpaired) electrons. The van der Waals surface area contributed by atoms with Crippen LogP contribution in [-0.2, 0) is 40.8 Å². The first-order valence-electron chi connectivity index (χ1n) is 54.1. The van der Waals surface area contributed by atoms with E-state index in [-0.39, 0.29) is 80.5 Å². The second-order valence-electron chi connectivity index (χ2n) is 36.0. The Bertz CT molecular complexity index is 1920. The van der Waals surface area contributed by atoms with Crippen LogP contribution in [0.3, 0.4) is 0 Å². The first-order chi connectivity index (χ1) is 60.4. The molecule has 733 valence electrons. The molecule has 0 aliphatic heterocycles. The number of hydrogen-bond donors (Lipinski definition) is 0. The van der Waals surface area contributed by atoms with Crippen molar-refractivity contribution >= 4 is 23.5 Å². The molecule has 0 saturated carbocycles. The van der Waals surface area contributed by atoms with Crippen LogP contribution in [0.15, 0.2) is 72.9 Å². The SMILES string of the molecule is CCCCCCCC/C=C\CCCCCCCCOP(=O)([O-])OCCCCCCCC/C=C\CCCCCCCC.CCCCCCCC/C=C\CCCCCCCCOP(=O)([O-])OCCCCCCCC/C=C\CCCCCCCC.CCCCCCCC/C=C\CCCCCCCCOP(=O)([O-])OCCCCCCCC/C=C\CCCCCCCC.[Nd+3].